The second-order valence-electron chi connectivity index (χ2n) is 3.77. The van der Waals surface area contributed by atoms with Crippen molar-refractivity contribution < 1.29 is 19.5 Å². The van der Waals surface area contributed by atoms with Crippen molar-refractivity contribution >= 4 is 5.69 Å². The van der Waals surface area contributed by atoms with Crippen LogP contribution in [0.25, 0.3) is 0 Å². The monoisotopic (exact) mass is 258 g/mol. The molecular weight excluding hydrogens is 243 g/mol. The van der Waals surface area contributed by atoms with E-state index in [0.29, 0.717) is 13.0 Å². The van der Waals surface area contributed by atoms with Crippen LogP contribution in [0, 0.1) is 15.9 Å². The Bertz CT molecular complexity index is 414. The number of benzene rings is 1. The predicted octanol–water partition coefficient (Wildman–Crippen LogP) is 0.739. The lowest BCUT2D eigenvalue weighted by Crippen LogP contribution is -2.23. The van der Waals surface area contributed by atoms with Crippen molar-refractivity contribution in [1.82, 2.24) is 5.32 Å². The molecule has 0 spiro atoms. The largest absolute Gasteiger partial charge is 0.396 e. The van der Waals surface area contributed by atoms with E-state index in [2.05, 4.69) is 5.32 Å². The van der Waals surface area contributed by atoms with E-state index in [-0.39, 0.29) is 18.7 Å². The first kappa shape index (κ1) is 14.5. The number of nitrogens with one attached hydrogen (secondary N) is 1. The molecule has 0 radical (unpaired) electrons. The molecule has 6 nitrogen and oxygen atoms in total. The Labute approximate surface area is 103 Å². The van der Waals surface area contributed by atoms with Crippen LogP contribution in [-0.2, 0) is 0 Å². The van der Waals surface area contributed by atoms with Gasteiger partial charge < -0.3 is 15.5 Å². The van der Waals surface area contributed by atoms with E-state index in [9.17, 15) is 19.6 Å². The molecule has 0 aliphatic heterocycles. The summed E-state index contributed by atoms with van der Waals surface area (Å²) in [6.07, 6.45) is -0.404. The van der Waals surface area contributed by atoms with Crippen LogP contribution in [0.15, 0.2) is 18.2 Å². The van der Waals surface area contributed by atoms with Crippen molar-refractivity contribution in [2.45, 2.75) is 12.5 Å². The van der Waals surface area contributed by atoms with Crippen LogP contribution in [0.1, 0.15) is 18.1 Å². The third kappa shape index (κ3) is 4.02. The van der Waals surface area contributed by atoms with Gasteiger partial charge in [-0.15, -0.1) is 0 Å². The van der Waals surface area contributed by atoms with Gasteiger partial charge in [0.15, 0.2) is 0 Å². The van der Waals surface area contributed by atoms with Gasteiger partial charge in [-0.1, -0.05) is 6.07 Å². The average molecular weight is 258 g/mol. The zero-order chi connectivity index (χ0) is 13.5. The molecule has 0 aliphatic rings. The number of rotatable bonds is 7. The number of aliphatic hydroxyl groups excluding tert-OH is 2. The lowest BCUT2D eigenvalue weighted by atomic mass is 10.1. The maximum absolute atomic E-state index is 13.1. The number of hydrogen-bond acceptors (Lipinski definition) is 5. The number of aliphatic hydroxyl groups is 2. The normalized spacial score (nSPS) is 12.4. The van der Waals surface area contributed by atoms with E-state index >= 15 is 0 Å². The van der Waals surface area contributed by atoms with Gasteiger partial charge in [-0.2, -0.15) is 4.39 Å². The molecule has 0 saturated heterocycles. The van der Waals surface area contributed by atoms with Crippen LogP contribution in [-0.4, -0.2) is 34.8 Å². The average Bonchev–Trinajstić information content (AvgIpc) is 2.34. The zero-order valence-corrected chi connectivity index (χ0v) is 9.67. The van der Waals surface area contributed by atoms with Crippen LogP contribution < -0.4 is 5.32 Å². The highest BCUT2D eigenvalue weighted by Gasteiger charge is 2.17. The first-order chi connectivity index (χ1) is 8.56. The number of halogens is 1. The Morgan fingerprint density at radius 1 is 1.50 bits per heavy atom. The van der Waals surface area contributed by atoms with E-state index in [1.807, 2.05) is 0 Å². The topological polar surface area (TPSA) is 95.6 Å². The molecule has 3 N–H and O–H groups in total. The SMILES string of the molecule is O=[N+]([O-])c1cc(C(O)CNCCCO)ccc1F. The third-order valence-corrected chi connectivity index (χ3v) is 2.40. The van der Waals surface area contributed by atoms with Crippen molar-refractivity contribution in [2.75, 3.05) is 19.7 Å². The molecule has 0 saturated carbocycles. The fourth-order valence-electron chi connectivity index (χ4n) is 1.44. The quantitative estimate of drug-likeness (QED) is 0.381. The summed E-state index contributed by atoms with van der Waals surface area (Å²) in [5.74, 6) is -0.927. The van der Waals surface area contributed by atoms with Crippen LogP contribution >= 0.6 is 0 Å². The summed E-state index contributed by atoms with van der Waals surface area (Å²) in [4.78, 5) is 9.71. The van der Waals surface area contributed by atoms with Crippen LogP contribution in [0.4, 0.5) is 10.1 Å². The standard InChI is InChI=1S/C11H15FN2O4/c12-9-3-2-8(6-10(9)14(17)18)11(16)7-13-4-1-5-15/h2-3,6,11,13,15-16H,1,4-5,7H2. The van der Waals surface area contributed by atoms with Crippen molar-refractivity contribution in [2.24, 2.45) is 0 Å². The second-order valence-corrected chi connectivity index (χ2v) is 3.77. The molecule has 0 fully saturated rings. The fourth-order valence-corrected chi connectivity index (χ4v) is 1.44. The molecule has 1 unspecified atom stereocenters. The van der Waals surface area contributed by atoms with Crippen molar-refractivity contribution in [3.8, 4) is 0 Å². The van der Waals surface area contributed by atoms with E-state index in [1.165, 1.54) is 6.07 Å². The van der Waals surface area contributed by atoms with Gasteiger partial charge in [-0.25, -0.2) is 0 Å². The molecule has 0 heterocycles. The Morgan fingerprint density at radius 2 is 2.22 bits per heavy atom. The highest BCUT2D eigenvalue weighted by Crippen LogP contribution is 2.22. The van der Waals surface area contributed by atoms with Gasteiger partial charge in [0.2, 0.25) is 5.82 Å². The van der Waals surface area contributed by atoms with E-state index in [0.717, 1.165) is 12.1 Å². The Morgan fingerprint density at radius 3 is 2.83 bits per heavy atom. The van der Waals surface area contributed by atoms with Gasteiger partial charge >= 0.3 is 5.69 Å². The van der Waals surface area contributed by atoms with Gasteiger partial charge in [-0.3, -0.25) is 10.1 Å². The molecule has 18 heavy (non-hydrogen) atoms. The summed E-state index contributed by atoms with van der Waals surface area (Å²) in [5.41, 5.74) is -0.374. The maximum atomic E-state index is 13.1. The van der Waals surface area contributed by atoms with Gasteiger partial charge in [0, 0.05) is 19.2 Å². The van der Waals surface area contributed by atoms with Gasteiger partial charge in [-0.05, 0) is 24.6 Å². The lowest BCUT2D eigenvalue weighted by molar-refractivity contribution is -0.387. The minimum absolute atomic E-state index is 0.0467. The molecule has 0 aliphatic carbocycles. The Hall–Kier alpha value is -1.57. The van der Waals surface area contributed by atoms with Crippen LogP contribution in [0.5, 0.6) is 0 Å². The number of hydrogen-bond donors (Lipinski definition) is 3. The summed E-state index contributed by atoms with van der Waals surface area (Å²) in [6.45, 7) is 0.755. The fraction of sp³-hybridized carbons (Fsp3) is 0.455. The van der Waals surface area contributed by atoms with Crippen molar-refractivity contribution in [1.29, 1.82) is 0 Å². The summed E-state index contributed by atoms with van der Waals surface area (Å²) >= 11 is 0. The molecule has 1 aromatic carbocycles. The predicted molar refractivity (Wildman–Crippen MR) is 62.6 cm³/mol. The molecule has 0 bridgehead atoms. The van der Waals surface area contributed by atoms with E-state index in [4.69, 9.17) is 5.11 Å². The number of nitro benzene ring substituents is 1. The highest BCUT2D eigenvalue weighted by atomic mass is 19.1. The van der Waals surface area contributed by atoms with Crippen molar-refractivity contribution in [3.05, 3.63) is 39.7 Å². The molecule has 1 aromatic rings. The molecule has 7 heteroatoms. The first-order valence-electron chi connectivity index (χ1n) is 5.49. The van der Waals surface area contributed by atoms with Gasteiger partial charge in [0.1, 0.15) is 0 Å². The zero-order valence-electron chi connectivity index (χ0n) is 9.67. The maximum Gasteiger partial charge on any atom is 0.305 e. The van der Waals surface area contributed by atoms with Crippen LogP contribution in [0.2, 0.25) is 0 Å². The second kappa shape index (κ2) is 7.00. The summed E-state index contributed by atoms with van der Waals surface area (Å²) in [6, 6.07) is 3.29. The summed E-state index contributed by atoms with van der Waals surface area (Å²) < 4.78 is 13.1. The smallest absolute Gasteiger partial charge is 0.305 e. The van der Waals surface area contributed by atoms with E-state index in [1.54, 1.807) is 0 Å². The van der Waals surface area contributed by atoms with Gasteiger partial charge in [0.25, 0.3) is 0 Å². The minimum atomic E-state index is -0.956. The van der Waals surface area contributed by atoms with E-state index < -0.39 is 22.5 Å². The molecule has 1 rings (SSSR count). The molecule has 0 aromatic heterocycles. The van der Waals surface area contributed by atoms with Crippen LogP contribution in [0.3, 0.4) is 0 Å². The summed E-state index contributed by atoms with van der Waals surface area (Å²) in [7, 11) is 0. The summed E-state index contributed by atoms with van der Waals surface area (Å²) in [5, 5.41) is 31.7. The third-order valence-electron chi connectivity index (χ3n) is 2.40. The lowest BCUT2D eigenvalue weighted by Gasteiger charge is -2.11. The highest BCUT2D eigenvalue weighted by molar-refractivity contribution is 5.37. The molecule has 100 valence electrons. The van der Waals surface area contributed by atoms with Crippen molar-refractivity contribution in [3.63, 3.8) is 0 Å². The Kier molecular flexibility index (Phi) is 5.63. The number of nitrogens with zero attached hydrogens (tertiary/aromatic N) is 1. The molecule has 1 atom stereocenters. The number of nitro groups is 1. The Balaban J connectivity index is 2.65. The minimum Gasteiger partial charge on any atom is -0.396 e. The van der Waals surface area contributed by atoms with Gasteiger partial charge in [0.05, 0.1) is 11.0 Å². The molecular formula is C11H15FN2O4. The molecule has 0 amide bonds. The first-order valence-corrected chi connectivity index (χ1v) is 5.49.